The lowest BCUT2D eigenvalue weighted by atomic mass is 9.85. The molecule has 1 unspecified atom stereocenters. The van der Waals surface area contributed by atoms with E-state index in [1.165, 1.54) is 11.1 Å². The van der Waals surface area contributed by atoms with E-state index < -0.39 is 24.7 Å². The van der Waals surface area contributed by atoms with Crippen molar-refractivity contribution in [2.75, 3.05) is 13.2 Å². The predicted octanol–water partition coefficient (Wildman–Crippen LogP) is 2.65. The number of ether oxygens (including phenoxy) is 1. The molecule has 0 radical (unpaired) electrons. The summed E-state index contributed by atoms with van der Waals surface area (Å²) in [6, 6.07) is 14.9. The van der Waals surface area contributed by atoms with Gasteiger partial charge < -0.3 is 25.6 Å². The molecule has 8 heteroatoms. The van der Waals surface area contributed by atoms with Gasteiger partial charge in [0.25, 0.3) is 0 Å². The summed E-state index contributed by atoms with van der Waals surface area (Å²) in [5, 5.41) is 23.3. The number of aliphatic hydroxyl groups is 1. The van der Waals surface area contributed by atoms with Crippen LogP contribution in [0.2, 0.25) is 0 Å². The van der Waals surface area contributed by atoms with Crippen molar-refractivity contribution in [3.05, 3.63) is 59.7 Å². The van der Waals surface area contributed by atoms with Crippen LogP contribution in [-0.2, 0) is 14.3 Å². The lowest BCUT2D eigenvalue weighted by molar-refractivity contribution is -0.143. The third-order valence-electron chi connectivity index (χ3n) is 6.56. The number of alkyl carbamates (subject to hydrolysis) is 1. The first-order valence-electron chi connectivity index (χ1n) is 11.2. The molecule has 0 heterocycles. The average molecular weight is 453 g/mol. The molecule has 0 saturated heterocycles. The predicted molar refractivity (Wildman–Crippen MR) is 121 cm³/mol. The lowest BCUT2D eigenvalue weighted by Gasteiger charge is -2.29. The van der Waals surface area contributed by atoms with E-state index in [9.17, 15) is 14.4 Å². The average Bonchev–Trinajstić information content (AvgIpc) is 3.15. The van der Waals surface area contributed by atoms with Gasteiger partial charge in [0.1, 0.15) is 12.6 Å². The SMILES string of the molecule is O=C(NC1CCC(C(=O)NC(CO)C(=O)O)CC1)OCC1c2ccccc2-c2ccccc21. The molecule has 0 bridgehead atoms. The molecule has 174 valence electrons. The number of carbonyl (C=O) groups is 3. The Morgan fingerprint density at radius 2 is 1.52 bits per heavy atom. The van der Waals surface area contributed by atoms with Crippen LogP contribution in [-0.4, -0.2) is 53.5 Å². The quantitative estimate of drug-likeness (QED) is 0.512. The molecule has 1 atom stereocenters. The molecule has 2 amide bonds. The van der Waals surface area contributed by atoms with Crippen LogP contribution in [0.1, 0.15) is 42.7 Å². The number of carboxylic acids is 1. The number of aliphatic hydroxyl groups excluding tert-OH is 1. The zero-order valence-electron chi connectivity index (χ0n) is 18.2. The third kappa shape index (κ3) is 5.01. The molecule has 4 N–H and O–H groups in total. The first-order chi connectivity index (χ1) is 16.0. The minimum absolute atomic E-state index is 0.00344. The number of fused-ring (bicyclic) bond motifs is 3. The highest BCUT2D eigenvalue weighted by Gasteiger charge is 2.31. The summed E-state index contributed by atoms with van der Waals surface area (Å²) in [5.41, 5.74) is 4.65. The van der Waals surface area contributed by atoms with Gasteiger partial charge in [-0.3, -0.25) is 4.79 Å². The van der Waals surface area contributed by atoms with Gasteiger partial charge in [0, 0.05) is 17.9 Å². The molecule has 4 rings (SSSR count). The lowest BCUT2D eigenvalue weighted by Crippen LogP contribution is -2.47. The fourth-order valence-corrected chi connectivity index (χ4v) is 4.78. The van der Waals surface area contributed by atoms with Crippen LogP contribution in [0.15, 0.2) is 48.5 Å². The maximum Gasteiger partial charge on any atom is 0.407 e. The highest BCUT2D eigenvalue weighted by atomic mass is 16.5. The first kappa shape index (κ1) is 22.8. The largest absolute Gasteiger partial charge is 0.480 e. The minimum Gasteiger partial charge on any atom is -0.480 e. The fourth-order valence-electron chi connectivity index (χ4n) is 4.78. The summed E-state index contributed by atoms with van der Waals surface area (Å²) < 4.78 is 5.59. The number of amides is 2. The Morgan fingerprint density at radius 1 is 0.939 bits per heavy atom. The Bertz CT molecular complexity index is 986. The van der Waals surface area contributed by atoms with Crippen LogP contribution >= 0.6 is 0 Å². The third-order valence-corrected chi connectivity index (χ3v) is 6.56. The van der Waals surface area contributed by atoms with Crippen molar-refractivity contribution in [3.63, 3.8) is 0 Å². The van der Waals surface area contributed by atoms with Gasteiger partial charge in [-0.15, -0.1) is 0 Å². The van der Waals surface area contributed by atoms with Crippen LogP contribution in [0, 0.1) is 5.92 Å². The molecule has 0 aromatic heterocycles. The number of hydrogen-bond acceptors (Lipinski definition) is 5. The molecule has 1 fully saturated rings. The van der Waals surface area contributed by atoms with Crippen molar-refractivity contribution in [2.24, 2.45) is 5.92 Å². The van der Waals surface area contributed by atoms with Gasteiger partial charge in [-0.2, -0.15) is 0 Å². The smallest absolute Gasteiger partial charge is 0.407 e. The van der Waals surface area contributed by atoms with Crippen LogP contribution in [0.3, 0.4) is 0 Å². The molecule has 2 aromatic carbocycles. The Hall–Kier alpha value is -3.39. The van der Waals surface area contributed by atoms with E-state index in [1.807, 2.05) is 24.3 Å². The van der Waals surface area contributed by atoms with Gasteiger partial charge >= 0.3 is 12.1 Å². The maximum atomic E-state index is 12.5. The topological polar surface area (TPSA) is 125 Å². The zero-order chi connectivity index (χ0) is 23.4. The van der Waals surface area contributed by atoms with E-state index in [4.69, 9.17) is 14.9 Å². The fraction of sp³-hybridized carbons (Fsp3) is 0.400. The standard InChI is InChI=1S/C25H28N2O6/c28-13-22(24(30)31)27-23(29)15-9-11-16(12-10-15)26-25(32)33-14-21-19-7-3-1-5-17(19)18-6-2-4-8-20(18)21/h1-8,15-16,21-22,28H,9-14H2,(H,26,32)(H,27,29)(H,30,31). The van der Waals surface area contributed by atoms with E-state index in [1.54, 1.807) is 0 Å². The molecule has 0 spiro atoms. The van der Waals surface area contributed by atoms with Gasteiger partial charge in [-0.1, -0.05) is 48.5 Å². The molecule has 33 heavy (non-hydrogen) atoms. The minimum atomic E-state index is -1.30. The highest BCUT2D eigenvalue weighted by molar-refractivity contribution is 5.85. The molecule has 8 nitrogen and oxygen atoms in total. The Morgan fingerprint density at radius 3 is 2.06 bits per heavy atom. The van der Waals surface area contributed by atoms with E-state index in [0.29, 0.717) is 25.7 Å². The Kier molecular flexibility index (Phi) is 6.93. The van der Waals surface area contributed by atoms with Crippen LogP contribution in [0.25, 0.3) is 11.1 Å². The maximum absolute atomic E-state index is 12.5. The van der Waals surface area contributed by atoms with Gasteiger partial charge in [-0.05, 0) is 47.9 Å². The van der Waals surface area contributed by atoms with E-state index in [0.717, 1.165) is 11.1 Å². The second-order valence-corrected chi connectivity index (χ2v) is 8.60. The summed E-state index contributed by atoms with van der Waals surface area (Å²) >= 11 is 0. The van der Waals surface area contributed by atoms with E-state index >= 15 is 0 Å². The number of benzene rings is 2. The number of aliphatic carboxylic acids is 1. The van der Waals surface area contributed by atoms with Crippen molar-refractivity contribution in [1.82, 2.24) is 10.6 Å². The molecule has 0 aliphatic heterocycles. The molecule has 1 saturated carbocycles. The number of hydrogen-bond donors (Lipinski definition) is 4. The van der Waals surface area contributed by atoms with Crippen LogP contribution in [0.5, 0.6) is 0 Å². The number of nitrogens with one attached hydrogen (secondary N) is 2. The van der Waals surface area contributed by atoms with Crippen molar-refractivity contribution in [1.29, 1.82) is 0 Å². The normalized spacial score (nSPS) is 20.3. The monoisotopic (exact) mass is 452 g/mol. The molecule has 2 aliphatic carbocycles. The number of carboxylic acid groups (broad SMARTS) is 1. The highest BCUT2D eigenvalue weighted by Crippen LogP contribution is 2.44. The van der Waals surface area contributed by atoms with Gasteiger partial charge in [0.2, 0.25) is 5.91 Å². The summed E-state index contributed by atoms with van der Waals surface area (Å²) in [6.45, 7) is -0.408. The van der Waals surface area contributed by atoms with Crippen molar-refractivity contribution in [2.45, 2.75) is 43.7 Å². The van der Waals surface area contributed by atoms with Crippen molar-refractivity contribution in [3.8, 4) is 11.1 Å². The molecule has 2 aliphatic rings. The summed E-state index contributed by atoms with van der Waals surface area (Å²) in [7, 11) is 0. The van der Waals surface area contributed by atoms with Crippen LogP contribution < -0.4 is 10.6 Å². The zero-order valence-corrected chi connectivity index (χ0v) is 18.2. The summed E-state index contributed by atoms with van der Waals surface area (Å²) in [5.74, 6) is -1.98. The number of rotatable bonds is 7. The van der Waals surface area contributed by atoms with E-state index in [-0.39, 0.29) is 30.4 Å². The molecular formula is C25H28N2O6. The molecular weight excluding hydrogens is 424 g/mol. The Balaban J connectivity index is 1.26. The second kappa shape index (κ2) is 10.0. The van der Waals surface area contributed by atoms with Gasteiger partial charge in [-0.25, -0.2) is 9.59 Å². The van der Waals surface area contributed by atoms with E-state index in [2.05, 4.69) is 34.9 Å². The first-order valence-corrected chi connectivity index (χ1v) is 11.2. The summed E-state index contributed by atoms with van der Waals surface area (Å²) in [6.07, 6.45) is 1.77. The second-order valence-electron chi connectivity index (χ2n) is 8.60. The molecule has 2 aromatic rings. The van der Waals surface area contributed by atoms with Crippen molar-refractivity contribution < 1.29 is 29.3 Å². The van der Waals surface area contributed by atoms with Gasteiger partial charge in [0.15, 0.2) is 0 Å². The summed E-state index contributed by atoms with van der Waals surface area (Å²) in [4.78, 5) is 35.7. The van der Waals surface area contributed by atoms with Crippen LogP contribution in [0.4, 0.5) is 4.79 Å². The Labute approximate surface area is 192 Å². The number of carbonyl (C=O) groups excluding carboxylic acids is 2. The van der Waals surface area contributed by atoms with Crippen molar-refractivity contribution >= 4 is 18.0 Å². The van der Waals surface area contributed by atoms with Gasteiger partial charge in [0.05, 0.1) is 6.61 Å².